The van der Waals surface area contributed by atoms with Crippen LogP contribution in [0, 0.1) is 5.82 Å². The Bertz CT molecular complexity index is 1130. The molecule has 1 aromatic heterocycles. The van der Waals surface area contributed by atoms with Gasteiger partial charge >= 0.3 is 0 Å². The van der Waals surface area contributed by atoms with E-state index in [4.69, 9.17) is 4.74 Å². The van der Waals surface area contributed by atoms with Crippen LogP contribution in [0.25, 0.3) is 11.1 Å². The van der Waals surface area contributed by atoms with Gasteiger partial charge in [-0.2, -0.15) is 0 Å². The van der Waals surface area contributed by atoms with Crippen LogP contribution in [0.5, 0.6) is 5.75 Å². The van der Waals surface area contributed by atoms with Gasteiger partial charge in [-0.25, -0.2) is 4.39 Å². The van der Waals surface area contributed by atoms with E-state index in [0.717, 1.165) is 11.1 Å². The molecule has 6 nitrogen and oxygen atoms in total. The van der Waals surface area contributed by atoms with Crippen LogP contribution in [0.4, 0.5) is 4.39 Å². The molecule has 0 fully saturated rings. The Morgan fingerprint density at radius 1 is 1.07 bits per heavy atom. The number of fused-ring (bicyclic) bond motifs is 3. The third-order valence-electron chi connectivity index (χ3n) is 4.89. The molecular formula is C23H20FN3O3. The number of rotatable bonds is 5. The van der Waals surface area contributed by atoms with E-state index in [1.165, 1.54) is 24.4 Å². The van der Waals surface area contributed by atoms with E-state index >= 15 is 0 Å². The number of aromatic nitrogens is 1. The van der Waals surface area contributed by atoms with Crippen LogP contribution in [0.2, 0.25) is 0 Å². The number of carbonyl (C=O) groups excluding carboxylic acids is 2. The maximum Gasteiger partial charge on any atom is 0.254 e. The number of halogens is 1. The molecule has 7 heteroatoms. The highest BCUT2D eigenvalue weighted by molar-refractivity contribution is 6.02. The summed E-state index contributed by atoms with van der Waals surface area (Å²) in [5.74, 6) is -0.866. The minimum Gasteiger partial charge on any atom is -0.487 e. The summed E-state index contributed by atoms with van der Waals surface area (Å²) in [6.07, 6.45) is 3.10. The molecule has 0 spiro atoms. The molecular weight excluding hydrogens is 385 g/mol. The number of benzene rings is 2. The van der Waals surface area contributed by atoms with E-state index in [2.05, 4.69) is 15.6 Å². The summed E-state index contributed by atoms with van der Waals surface area (Å²) >= 11 is 0. The summed E-state index contributed by atoms with van der Waals surface area (Å²) in [5, 5.41) is 5.40. The molecule has 0 bridgehead atoms. The Morgan fingerprint density at radius 3 is 2.70 bits per heavy atom. The number of amides is 2. The zero-order chi connectivity index (χ0) is 21.1. The van der Waals surface area contributed by atoms with Gasteiger partial charge in [-0.3, -0.25) is 14.6 Å². The van der Waals surface area contributed by atoms with Crippen LogP contribution in [-0.2, 0) is 13.2 Å². The lowest BCUT2D eigenvalue weighted by Gasteiger charge is -2.22. The number of nitrogens with zero attached hydrogens (tertiary/aromatic N) is 1. The number of ether oxygens (including phenoxy) is 1. The second-order valence-electron chi connectivity index (χ2n) is 6.86. The predicted molar refractivity (Wildman–Crippen MR) is 110 cm³/mol. The van der Waals surface area contributed by atoms with Crippen molar-refractivity contribution in [1.29, 1.82) is 0 Å². The van der Waals surface area contributed by atoms with E-state index in [0.29, 0.717) is 35.6 Å². The van der Waals surface area contributed by atoms with E-state index in [1.54, 1.807) is 13.1 Å². The van der Waals surface area contributed by atoms with Gasteiger partial charge < -0.3 is 15.4 Å². The molecule has 0 aliphatic carbocycles. The minimum atomic E-state index is -0.605. The van der Waals surface area contributed by atoms with Crippen molar-refractivity contribution in [2.45, 2.75) is 20.1 Å². The number of carbonyl (C=O) groups is 2. The predicted octanol–water partition coefficient (Wildman–Crippen LogP) is 3.46. The molecule has 2 N–H and O–H groups in total. The lowest BCUT2D eigenvalue weighted by Crippen LogP contribution is -2.26. The molecule has 3 aromatic rings. The van der Waals surface area contributed by atoms with E-state index < -0.39 is 11.7 Å². The molecule has 30 heavy (non-hydrogen) atoms. The Morgan fingerprint density at radius 2 is 1.87 bits per heavy atom. The van der Waals surface area contributed by atoms with Crippen molar-refractivity contribution < 1.29 is 18.7 Å². The van der Waals surface area contributed by atoms with Gasteiger partial charge in [0.25, 0.3) is 11.8 Å². The molecule has 1 aliphatic heterocycles. The third-order valence-corrected chi connectivity index (χ3v) is 4.89. The summed E-state index contributed by atoms with van der Waals surface area (Å²) in [4.78, 5) is 29.1. The topological polar surface area (TPSA) is 80.3 Å². The highest BCUT2D eigenvalue weighted by Gasteiger charge is 2.24. The van der Waals surface area contributed by atoms with Gasteiger partial charge in [-0.15, -0.1) is 0 Å². The Balaban J connectivity index is 1.57. The smallest absolute Gasteiger partial charge is 0.254 e. The third kappa shape index (κ3) is 3.74. The molecule has 0 atom stereocenters. The van der Waals surface area contributed by atoms with Gasteiger partial charge in [-0.1, -0.05) is 30.3 Å². The lowest BCUT2D eigenvalue weighted by atomic mass is 9.94. The average molecular weight is 405 g/mol. The maximum atomic E-state index is 14.0. The van der Waals surface area contributed by atoms with Gasteiger partial charge in [0, 0.05) is 24.8 Å². The van der Waals surface area contributed by atoms with Crippen LogP contribution in [0.15, 0.2) is 54.9 Å². The summed E-state index contributed by atoms with van der Waals surface area (Å²) in [5.41, 5.74) is 3.59. The van der Waals surface area contributed by atoms with Crippen molar-refractivity contribution in [3.8, 4) is 16.9 Å². The molecule has 0 unspecified atom stereocenters. The Hall–Kier alpha value is -3.74. The molecule has 4 rings (SSSR count). The van der Waals surface area contributed by atoms with Crippen molar-refractivity contribution in [2.24, 2.45) is 0 Å². The molecule has 2 amide bonds. The Kier molecular flexibility index (Phi) is 5.43. The Labute approximate surface area is 173 Å². The fourth-order valence-electron chi connectivity index (χ4n) is 3.44. The second-order valence-corrected chi connectivity index (χ2v) is 6.86. The molecule has 0 saturated heterocycles. The van der Waals surface area contributed by atoms with Crippen molar-refractivity contribution in [2.75, 3.05) is 6.54 Å². The fraction of sp³-hybridized carbons (Fsp3) is 0.174. The first-order valence-electron chi connectivity index (χ1n) is 9.62. The van der Waals surface area contributed by atoms with Gasteiger partial charge in [0.15, 0.2) is 0 Å². The van der Waals surface area contributed by atoms with Gasteiger partial charge in [-0.05, 0) is 35.7 Å². The number of hydrogen-bond donors (Lipinski definition) is 2. The number of pyridine rings is 1. The van der Waals surface area contributed by atoms with Gasteiger partial charge in [0.2, 0.25) is 0 Å². The van der Waals surface area contributed by atoms with Crippen molar-refractivity contribution in [3.63, 3.8) is 0 Å². The van der Waals surface area contributed by atoms with Crippen molar-refractivity contribution in [3.05, 3.63) is 82.9 Å². The van der Waals surface area contributed by atoms with E-state index in [9.17, 15) is 14.0 Å². The zero-order valence-corrected chi connectivity index (χ0v) is 16.4. The average Bonchev–Trinajstić information content (AvgIpc) is 2.77. The number of hydrogen-bond acceptors (Lipinski definition) is 4. The van der Waals surface area contributed by atoms with Crippen LogP contribution in [-0.4, -0.2) is 23.3 Å². The highest BCUT2D eigenvalue weighted by Crippen LogP contribution is 2.39. The molecule has 1 aliphatic rings. The minimum absolute atomic E-state index is 0.0512. The van der Waals surface area contributed by atoms with Crippen LogP contribution in [0.1, 0.15) is 38.8 Å². The molecule has 0 radical (unpaired) electrons. The lowest BCUT2D eigenvalue weighted by molar-refractivity contribution is 0.0945. The monoisotopic (exact) mass is 405 g/mol. The summed E-state index contributed by atoms with van der Waals surface area (Å²) in [6.45, 7) is 2.72. The molecule has 152 valence electrons. The van der Waals surface area contributed by atoms with E-state index in [-0.39, 0.29) is 18.0 Å². The SMILES string of the molecule is CCNC(=O)c1cc(CNC(=O)c2cncc3c2-c2ccccc2CO3)ccc1F. The standard InChI is InChI=1S/C23H20FN3O3/c1-2-26-22(28)17-9-14(7-8-19(17)24)10-27-23(29)18-11-25-12-20-21(18)16-6-4-3-5-15(16)13-30-20/h3-9,11-12H,2,10,13H2,1H3,(H,26,28)(H,27,29). The first-order valence-corrected chi connectivity index (χ1v) is 9.62. The zero-order valence-electron chi connectivity index (χ0n) is 16.4. The van der Waals surface area contributed by atoms with Crippen molar-refractivity contribution >= 4 is 11.8 Å². The largest absolute Gasteiger partial charge is 0.487 e. The summed E-state index contributed by atoms with van der Waals surface area (Å²) < 4.78 is 19.7. The first kappa shape index (κ1) is 19.6. The van der Waals surface area contributed by atoms with E-state index in [1.807, 2.05) is 24.3 Å². The normalized spacial score (nSPS) is 11.7. The van der Waals surface area contributed by atoms with Gasteiger partial charge in [0.05, 0.1) is 17.3 Å². The number of nitrogens with one attached hydrogen (secondary N) is 2. The molecule has 2 aromatic carbocycles. The van der Waals surface area contributed by atoms with Crippen molar-refractivity contribution in [1.82, 2.24) is 15.6 Å². The maximum absolute atomic E-state index is 14.0. The highest BCUT2D eigenvalue weighted by atomic mass is 19.1. The quantitative estimate of drug-likeness (QED) is 0.681. The summed E-state index contributed by atoms with van der Waals surface area (Å²) in [6, 6.07) is 12.0. The second kappa shape index (κ2) is 8.32. The van der Waals surface area contributed by atoms with Crippen LogP contribution in [0.3, 0.4) is 0 Å². The van der Waals surface area contributed by atoms with Crippen LogP contribution >= 0.6 is 0 Å². The van der Waals surface area contributed by atoms with Crippen LogP contribution < -0.4 is 15.4 Å². The van der Waals surface area contributed by atoms with Gasteiger partial charge in [0.1, 0.15) is 18.2 Å². The summed E-state index contributed by atoms with van der Waals surface area (Å²) in [7, 11) is 0. The fourth-order valence-corrected chi connectivity index (χ4v) is 3.44. The molecule has 0 saturated carbocycles. The first-order chi connectivity index (χ1) is 14.6. The molecule has 2 heterocycles.